The normalized spacial score (nSPS) is 11.5. The van der Waals surface area contributed by atoms with E-state index in [9.17, 15) is 14.4 Å². The van der Waals surface area contributed by atoms with E-state index in [-0.39, 0.29) is 38.6 Å². The molecule has 0 aromatic heterocycles. The molecule has 1 aromatic rings. The third-order valence-electron chi connectivity index (χ3n) is 2.71. The number of rotatable bonds is 8. The molecule has 0 heterocycles. The van der Waals surface area contributed by atoms with Crippen molar-refractivity contribution in [3.8, 4) is 0 Å². The summed E-state index contributed by atoms with van der Waals surface area (Å²) in [6.45, 7) is 1.31. The monoisotopic (exact) mass is 358 g/mol. The molecule has 0 amide bonds. The van der Waals surface area contributed by atoms with Crippen LogP contribution in [0.1, 0.15) is 19.8 Å². The summed E-state index contributed by atoms with van der Waals surface area (Å²) in [5.74, 6) is -1.27. The fourth-order valence-corrected chi connectivity index (χ4v) is 3.41. The Labute approximate surface area is 130 Å². The Morgan fingerprint density at radius 1 is 1.19 bits per heavy atom. The van der Waals surface area contributed by atoms with Gasteiger partial charge in [0.2, 0.25) is 0 Å². The summed E-state index contributed by atoms with van der Waals surface area (Å²) >= 11 is -0.359. The number of benzene rings is 1. The van der Waals surface area contributed by atoms with Crippen LogP contribution in [0.25, 0.3) is 0 Å². The van der Waals surface area contributed by atoms with Crippen molar-refractivity contribution in [3.63, 3.8) is 0 Å². The molecule has 0 aliphatic rings. The van der Waals surface area contributed by atoms with E-state index in [2.05, 4.69) is 4.74 Å². The van der Waals surface area contributed by atoms with Crippen LogP contribution in [0, 0.1) is 5.92 Å². The molecule has 0 fully saturated rings. The number of carbonyl (C=O) groups is 3. The second kappa shape index (κ2) is 9.32. The fourth-order valence-electron chi connectivity index (χ4n) is 1.57. The van der Waals surface area contributed by atoms with Crippen molar-refractivity contribution in [2.24, 2.45) is 5.92 Å². The van der Waals surface area contributed by atoms with Gasteiger partial charge in [-0.3, -0.25) is 0 Å². The summed E-state index contributed by atoms with van der Waals surface area (Å²) in [5, 5.41) is 0. The molecule has 1 unspecified atom stereocenters. The van der Waals surface area contributed by atoms with Crippen molar-refractivity contribution in [1.82, 2.24) is 0 Å². The Bertz CT molecular complexity index is 486. The zero-order chi connectivity index (χ0) is 15.7. The van der Waals surface area contributed by atoms with Crippen LogP contribution < -0.4 is 4.46 Å². The summed E-state index contributed by atoms with van der Waals surface area (Å²) in [6, 6.07) is 9.42. The van der Waals surface area contributed by atoms with Gasteiger partial charge < -0.3 is 0 Å². The van der Waals surface area contributed by atoms with E-state index in [0.29, 0.717) is 6.42 Å². The minimum atomic E-state index is -0.465. The van der Waals surface area contributed by atoms with Gasteiger partial charge in [-0.2, -0.15) is 0 Å². The molecule has 1 rings (SSSR count). The summed E-state index contributed by atoms with van der Waals surface area (Å²) < 4.78 is 10.5. The molecular formula is C15H18O5Se. The number of methoxy groups -OCH3 is 1. The quantitative estimate of drug-likeness (QED) is 0.505. The van der Waals surface area contributed by atoms with Gasteiger partial charge in [0.1, 0.15) is 0 Å². The van der Waals surface area contributed by atoms with Crippen molar-refractivity contribution in [2.75, 3.05) is 13.7 Å². The molecule has 0 saturated carbocycles. The zero-order valence-electron chi connectivity index (χ0n) is 12.0. The van der Waals surface area contributed by atoms with Gasteiger partial charge in [-0.15, -0.1) is 0 Å². The molecule has 0 N–H and O–H groups in total. The molecule has 0 spiro atoms. The number of hydrogen-bond acceptors (Lipinski definition) is 5. The van der Waals surface area contributed by atoms with Crippen LogP contribution in [0.2, 0.25) is 0 Å². The number of hydrogen-bond donors (Lipinski definition) is 0. The van der Waals surface area contributed by atoms with Gasteiger partial charge in [0, 0.05) is 0 Å². The Morgan fingerprint density at radius 3 is 2.43 bits per heavy atom. The molecule has 0 radical (unpaired) electrons. The molecule has 6 heteroatoms. The van der Waals surface area contributed by atoms with Gasteiger partial charge in [-0.25, -0.2) is 0 Å². The van der Waals surface area contributed by atoms with Gasteiger partial charge in [0.05, 0.1) is 0 Å². The third-order valence-corrected chi connectivity index (χ3v) is 4.89. The summed E-state index contributed by atoms with van der Waals surface area (Å²) in [6.07, 6.45) is 0.465. The summed E-state index contributed by atoms with van der Waals surface area (Å²) in [4.78, 5) is 34.4. The zero-order valence-corrected chi connectivity index (χ0v) is 13.7. The van der Waals surface area contributed by atoms with Crippen molar-refractivity contribution >= 4 is 36.0 Å². The Balaban J connectivity index is 2.62. The summed E-state index contributed by atoms with van der Waals surface area (Å²) in [5.41, 5.74) is 0. The average Bonchev–Trinajstić information content (AvgIpc) is 2.47. The van der Waals surface area contributed by atoms with Gasteiger partial charge in [0.15, 0.2) is 0 Å². The van der Waals surface area contributed by atoms with Crippen molar-refractivity contribution in [1.29, 1.82) is 0 Å². The van der Waals surface area contributed by atoms with Crippen LogP contribution in [0.3, 0.4) is 0 Å². The number of esters is 2. The Morgan fingerprint density at radius 2 is 1.86 bits per heavy atom. The van der Waals surface area contributed by atoms with Crippen LogP contribution in [0.4, 0.5) is 0 Å². The maximum absolute atomic E-state index is 12.3. The van der Waals surface area contributed by atoms with Crippen molar-refractivity contribution in [3.05, 3.63) is 30.3 Å². The number of ether oxygens (including phenoxy) is 2. The average molecular weight is 357 g/mol. The van der Waals surface area contributed by atoms with Gasteiger partial charge >= 0.3 is 130 Å². The first-order valence-corrected chi connectivity index (χ1v) is 8.21. The molecule has 1 atom stereocenters. The molecule has 5 nitrogen and oxygen atoms in total. The van der Waals surface area contributed by atoms with E-state index >= 15 is 0 Å². The second-order valence-electron chi connectivity index (χ2n) is 4.35. The van der Waals surface area contributed by atoms with Gasteiger partial charge in [0.25, 0.3) is 0 Å². The Kier molecular flexibility index (Phi) is 7.72. The predicted molar refractivity (Wildman–Crippen MR) is 78.2 cm³/mol. The first-order chi connectivity index (χ1) is 10.0. The number of carbonyl (C=O) groups excluding carboxylic acids is 3. The topological polar surface area (TPSA) is 69.7 Å². The van der Waals surface area contributed by atoms with Crippen LogP contribution in [0.5, 0.6) is 0 Å². The molecule has 0 saturated heterocycles. The molecular weight excluding hydrogens is 339 g/mol. The molecule has 0 bridgehead atoms. The van der Waals surface area contributed by atoms with Crippen LogP contribution in [-0.4, -0.2) is 45.3 Å². The Hall–Kier alpha value is -1.65. The van der Waals surface area contributed by atoms with E-state index in [1.165, 1.54) is 14.0 Å². The second-order valence-corrected chi connectivity index (χ2v) is 6.61. The fraction of sp³-hybridized carbons (Fsp3) is 0.400. The third kappa shape index (κ3) is 7.06. The standard InChI is InChI=1S/C15H18O5Se/c1-11(16)20-10-12(8-9-14(17)19-2)15(18)21-13-6-4-3-5-7-13/h3-7,12H,8-10H2,1-2H3. The predicted octanol–water partition coefficient (Wildman–Crippen LogP) is 0.675. The molecule has 0 aliphatic heterocycles. The summed E-state index contributed by atoms with van der Waals surface area (Å²) in [7, 11) is 1.30. The van der Waals surface area contributed by atoms with E-state index in [1.54, 1.807) is 0 Å². The van der Waals surface area contributed by atoms with Crippen LogP contribution >= 0.6 is 0 Å². The SMILES string of the molecule is COC(=O)CCC(COC(C)=O)C(=O)[Se]c1ccccc1. The molecule has 1 aromatic carbocycles. The van der Waals surface area contributed by atoms with E-state index in [1.807, 2.05) is 30.3 Å². The van der Waals surface area contributed by atoms with E-state index in [0.717, 1.165) is 4.46 Å². The molecule has 21 heavy (non-hydrogen) atoms. The maximum atomic E-state index is 12.3. The van der Waals surface area contributed by atoms with Crippen molar-refractivity contribution in [2.45, 2.75) is 19.8 Å². The van der Waals surface area contributed by atoms with E-state index < -0.39 is 11.9 Å². The first-order valence-electron chi connectivity index (χ1n) is 6.50. The van der Waals surface area contributed by atoms with Crippen LogP contribution in [-0.2, 0) is 23.9 Å². The van der Waals surface area contributed by atoms with Gasteiger partial charge in [-0.1, -0.05) is 0 Å². The van der Waals surface area contributed by atoms with Crippen molar-refractivity contribution < 1.29 is 23.9 Å². The minimum absolute atomic E-state index is 0.0128. The molecule has 114 valence electrons. The van der Waals surface area contributed by atoms with E-state index in [4.69, 9.17) is 4.74 Å². The molecule has 0 aliphatic carbocycles. The first kappa shape index (κ1) is 17.4. The van der Waals surface area contributed by atoms with Gasteiger partial charge in [-0.05, 0) is 0 Å². The van der Waals surface area contributed by atoms with Crippen LogP contribution in [0.15, 0.2) is 30.3 Å².